The first kappa shape index (κ1) is 16.3. The van der Waals surface area contributed by atoms with E-state index in [1.807, 2.05) is 31.2 Å². The molecule has 2 aromatic carbocycles. The molecule has 0 spiro atoms. The lowest BCUT2D eigenvalue weighted by atomic mass is 9.84. The van der Waals surface area contributed by atoms with Crippen molar-refractivity contribution in [1.29, 1.82) is 0 Å². The molecule has 0 fully saturated rings. The predicted molar refractivity (Wildman–Crippen MR) is 94.7 cm³/mol. The second-order valence-electron chi connectivity index (χ2n) is 6.98. The normalized spacial score (nSPS) is 12.1. The number of nitrogens with zero attached hydrogens (tertiary/aromatic N) is 1. The summed E-state index contributed by atoms with van der Waals surface area (Å²) in [6, 6.07) is 10.1. The molecule has 2 nitrogen and oxygen atoms in total. The number of aryl methyl sites for hydroxylation is 2. The van der Waals surface area contributed by atoms with Crippen molar-refractivity contribution in [2.45, 2.75) is 47.0 Å². The summed E-state index contributed by atoms with van der Waals surface area (Å²) in [6.07, 6.45) is 1.76. The summed E-state index contributed by atoms with van der Waals surface area (Å²) in [5.74, 6) is 0.326. The van der Waals surface area contributed by atoms with Crippen LogP contribution in [0.25, 0.3) is 0 Å². The molecule has 1 N–H and O–H groups in total. The average molecular weight is 295 g/mol. The molecule has 0 saturated carbocycles. The maximum absolute atomic E-state index is 10.6. The van der Waals surface area contributed by atoms with Crippen molar-refractivity contribution in [3.8, 4) is 5.75 Å². The van der Waals surface area contributed by atoms with E-state index >= 15 is 0 Å². The fourth-order valence-corrected chi connectivity index (χ4v) is 2.49. The molecule has 22 heavy (non-hydrogen) atoms. The SMILES string of the molecule is Cc1cc(C=Nc2cccc(C)c2C)c(O)c(C(C)(C)C)c1. The summed E-state index contributed by atoms with van der Waals surface area (Å²) in [5, 5.41) is 10.6. The van der Waals surface area contributed by atoms with E-state index < -0.39 is 0 Å². The van der Waals surface area contributed by atoms with Crippen molar-refractivity contribution >= 4 is 11.9 Å². The van der Waals surface area contributed by atoms with E-state index in [9.17, 15) is 5.11 Å². The molecule has 0 unspecified atom stereocenters. The molecule has 0 saturated heterocycles. The molecule has 2 heteroatoms. The molecule has 116 valence electrons. The van der Waals surface area contributed by atoms with E-state index in [1.165, 1.54) is 11.1 Å². The molecule has 0 aliphatic heterocycles. The summed E-state index contributed by atoms with van der Waals surface area (Å²) in [4.78, 5) is 4.58. The molecular formula is C20H25NO. The largest absolute Gasteiger partial charge is 0.507 e. The number of benzene rings is 2. The highest BCUT2D eigenvalue weighted by Crippen LogP contribution is 2.34. The highest BCUT2D eigenvalue weighted by molar-refractivity contribution is 5.87. The van der Waals surface area contributed by atoms with Gasteiger partial charge in [-0.3, -0.25) is 4.99 Å². The van der Waals surface area contributed by atoms with Crippen LogP contribution in [0, 0.1) is 20.8 Å². The fraction of sp³-hybridized carbons (Fsp3) is 0.350. The summed E-state index contributed by atoms with van der Waals surface area (Å²) >= 11 is 0. The topological polar surface area (TPSA) is 32.6 Å². The van der Waals surface area contributed by atoms with Gasteiger partial charge in [0.2, 0.25) is 0 Å². The highest BCUT2D eigenvalue weighted by Gasteiger charge is 2.20. The van der Waals surface area contributed by atoms with Gasteiger partial charge in [-0.25, -0.2) is 0 Å². The lowest BCUT2D eigenvalue weighted by Crippen LogP contribution is -2.12. The smallest absolute Gasteiger partial charge is 0.128 e. The van der Waals surface area contributed by atoms with Crippen molar-refractivity contribution < 1.29 is 5.11 Å². The Hall–Kier alpha value is -2.09. The average Bonchev–Trinajstić information content (AvgIpc) is 2.42. The Kier molecular flexibility index (Phi) is 4.41. The Morgan fingerprint density at radius 3 is 2.36 bits per heavy atom. The number of hydrogen-bond donors (Lipinski definition) is 1. The molecule has 0 bridgehead atoms. The van der Waals surface area contributed by atoms with E-state index in [0.717, 1.165) is 22.4 Å². The molecule has 0 aliphatic carbocycles. The van der Waals surface area contributed by atoms with E-state index in [1.54, 1.807) is 6.21 Å². The van der Waals surface area contributed by atoms with Gasteiger partial charge in [-0.15, -0.1) is 0 Å². The lowest BCUT2D eigenvalue weighted by molar-refractivity contribution is 0.445. The number of aromatic hydroxyl groups is 1. The van der Waals surface area contributed by atoms with Crippen molar-refractivity contribution in [1.82, 2.24) is 0 Å². The standard InChI is InChI=1S/C20H25NO/c1-13-10-16(19(22)17(11-13)20(4,5)6)12-21-18-9-7-8-14(2)15(18)3/h7-12,22H,1-6H3. The first-order valence-corrected chi connectivity index (χ1v) is 7.64. The van der Waals surface area contributed by atoms with Gasteiger partial charge in [-0.2, -0.15) is 0 Å². The van der Waals surface area contributed by atoms with Crippen molar-refractivity contribution in [3.05, 3.63) is 58.1 Å². The molecule has 0 aliphatic rings. The van der Waals surface area contributed by atoms with Crippen LogP contribution in [-0.4, -0.2) is 11.3 Å². The van der Waals surface area contributed by atoms with E-state index in [2.05, 4.69) is 45.7 Å². The summed E-state index contributed by atoms with van der Waals surface area (Å²) < 4.78 is 0. The second-order valence-corrected chi connectivity index (χ2v) is 6.98. The zero-order valence-corrected chi connectivity index (χ0v) is 14.4. The minimum atomic E-state index is -0.0993. The minimum absolute atomic E-state index is 0.0993. The summed E-state index contributed by atoms with van der Waals surface area (Å²) in [7, 11) is 0. The monoisotopic (exact) mass is 295 g/mol. The molecular weight excluding hydrogens is 270 g/mol. The third-order valence-corrected chi connectivity index (χ3v) is 4.01. The van der Waals surface area contributed by atoms with Crippen molar-refractivity contribution in [2.24, 2.45) is 4.99 Å². The number of phenolic OH excluding ortho intramolecular Hbond substituents is 1. The van der Waals surface area contributed by atoms with Gasteiger partial charge in [0.1, 0.15) is 5.75 Å². The zero-order valence-electron chi connectivity index (χ0n) is 14.4. The highest BCUT2D eigenvalue weighted by atomic mass is 16.3. The fourth-order valence-electron chi connectivity index (χ4n) is 2.49. The third kappa shape index (κ3) is 3.38. The molecule has 2 rings (SSSR count). The maximum Gasteiger partial charge on any atom is 0.128 e. The second kappa shape index (κ2) is 5.96. The minimum Gasteiger partial charge on any atom is -0.507 e. The van der Waals surface area contributed by atoms with Crippen LogP contribution in [-0.2, 0) is 5.41 Å². The first-order valence-electron chi connectivity index (χ1n) is 7.64. The van der Waals surface area contributed by atoms with Gasteiger partial charge < -0.3 is 5.11 Å². The van der Waals surface area contributed by atoms with Gasteiger partial charge in [0.05, 0.1) is 5.69 Å². The Labute approximate surface area is 133 Å². The molecule has 0 amide bonds. The van der Waals surface area contributed by atoms with Crippen LogP contribution in [0.4, 0.5) is 5.69 Å². The Bertz CT molecular complexity index is 721. The molecule has 0 atom stereocenters. The van der Waals surface area contributed by atoms with Gasteiger partial charge in [0.15, 0.2) is 0 Å². The number of hydrogen-bond acceptors (Lipinski definition) is 2. The van der Waals surface area contributed by atoms with Crippen LogP contribution in [0.5, 0.6) is 5.75 Å². The molecule has 0 heterocycles. The first-order chi connectivity index (χ1) is 10.2. The summed E-state index contributed by atoms with van der Waals surface area (Å²) in [6.45, 7) is 12.5. The number of phenols is 1. The van der Waals surface area contributed by atoms with Crippen LogP contribution >= 0.6 is 0 Å². The van der Waals surface area contributed by atoms with E-state index in [4.69, 9.17) is 0 Å². The van der Waals surface area contributed by atoms with Gasteiger partial charge in [0, 0.05) is 17.3 Å². The van der Waals surface area contributed by atoms with Crippen LogP contribution in [0.3, 0.4) is 0 Å². The van der Waals surface area contributed by atoms with Crippen molar-refractivity contribution in [2.75, 3.05) is 0 Å². The van der Waals surface area contributed by atoms with E-state index in [0.29, 0.717) is 5.75 Å². The van der Waals surface area contributed by atoms with Gasteiger partial charge in [-0.1, -0.05) is 39.0 Å². The van der Waals surface area contributed by atoms with Gasteiger partial charge in [0.25, 0.3) is 0 Å². The molecule has 0 aromatic heterocycles. The van der Waals surface area contributed by atoms with Crippen LogP contribution in [0.1, 0.15) is 48.6 Å². The number of aliphatic imine (C=N–C) groups is 1. The quantitative estimate of drug-likeness (QED) is 0.743. The summed E-state index contributed by atoms with van der Waals surface area (Å²) in [5.41, 5.74) is 6.09. The third-order valence-electron chi connectivity index (χ3n) is 4.01. The predicted octanol–water partition coefficient (Wildman–Crippen LogP) is 5.37. The van der Waals surface area contributed by atoms with Crippen LogP contribution in [0.2, 0.25) is 0 Å². The van der Waals surface area contributed by atoms with Crippen LogP contribution < -0.4 is 0 Å². The number of rotatable bonds is 2. The zero-order chi connectivity index (χ0) is 16.5. The molecule has 0 radical (unpaired) electrons. The van der Waals surface area contributed by atoms with Gasteiger partial charge >= 0.3 is 0 Å². The lowest BCUT2D eigenvalue weighted by Gasteiger charge is -2.22. The van der Waals surface area contributed by atoms with E-state index in [-0.39, 0.29) is 5.41 Å². The van der Waals surface area contributed by atoms with Gasteiger partial charge in [-0.05, 0) is 55.0 Å². The Morgan fingerprint density at radius 1 is 1.05 bits per heavy atom. The molecule has 2 aromatic rings. The maximum atomic E-state index is 10.6. The Balaban J connectivity index is 2.48. The Morgan fingerprint density at radius 2 is 1.73 bits per heavy atom. The van der Waals surface area contributed by atoms with Crippen LogP contribution in [0.15, 0.2) is 35.3 Å². The van der Waals surface area contributed by atoms with Crippen molar-refractivity contribution in [3.63, 3.8) is 0 Å².